The highest BCUT2D eigenvalue weighted by atomic mass is 32.2. The molecule has 0 atom stereocenters. The summed E-state index contributed by atoms with van der Waals surface area (Å²) in [6.07, 6.45) is 3.58. The summed E-state index contributed by atoms with van der Waals surface area (Å²) in [5.41, 5.74) is 2.25. The van der Waals surface area contributed by atoms with Gasteiger partial charge in [-0.25, -0.2) is 13.4 Å². The molecular weight excluding hydrogens is 536 g/mol. The minimum atomic E-state index is -3.56. The number of aromatic nitrogens is 1. The number of morpholine rings is 1. The van der Waals surface area contributed by atoms with Crippen LogP contribution in [0.5, 0.6) is 5.75 Å². The molecule has 11 heteroatoms. The molecule has 0 N–H and O–H groups in total. The third-order valence-corrected chi connectivity index (χ3v) is 10.5. The highest BCUT2D eigenvalue weighted by Gasteiger charge is 2.27. The second-order valence-corrected chi connectivity index (χ2v) is 12.9. The van der Waals surface area contributed by atoms with Gasteiger partial charge in [0, 0.05) is 44.8 Å². The van der Waals surface area contributed by atoms with Gasteiger partial charge in [0.15, 0.2) is 5.13 Å². The fraction of sp³-hybridized carbons (Fsp3) is 0.500. The van der Waals surface area contributed by atoms with E-state index in [-0.39, 0.29) is 10.8 Å². The van der Waals surface area contributed by atoms with Crippen LogP contribution in [0.3, 0.4) is 0 Å². The first-order valence-electron chi connectivity index (χ1n) is 13.5. The molecule has 0 unspecified atom stereocenters. The van der Waals surface area contributed by atoms with Crippen molar-refractivity contribution < 1.29 is 22.7 Å². The number of hydrogen-bond acceptors (Lipinski definition) is 8. The maximum atomic E-state index is 13.9. The second-order valence-electron chi connectivity index (χ2n) is 10.0. The number of ether oxygens (including phenoxy) is 2. The predicted molar refractivity (Wildman–Crippen MR) is 154 cm³/mol. The number of carbonyl (C=O) groups excluding carboxylic acids is 1. The van der Waals surface area contributed by atoms with E-state index in [0.29, 0.717) is 36.1 Å². The van der Waals surface area contributed by atoms with Gasteiger partial charge in [-0.2, -0.15) is 4.31 Å². The quantitative estimate of drug-likeness (QED) is 0.380. The Morgan fingerprint density at radius 2 is 1.77 bits per heavy atom. The summed E-state index contributed by atoms with van der Waals surface area (Å²) in [7, 11) is -1.95. The number of anilines is 1. The van der Waals surface area contributed by atoms with Crippen molar-refractivity contribution in [3.05, 3.63) is 47.5 Å². The molecule has 2 aliphatic heterocycles. The zero-order valence-electron chi connectivity index (χ0n) is 22.6. The van der Waals surface area contributed by atoms with E-state index in [1.807, 2.05) is 19.1 Å². The maximum Gasteiger partial charge on any atom is 0.260 e. The predicted octanol–water partition coefficient (Wildman–Crippen LogP) is 4.16. The second kappa shape index (κ2) is 12.3. The minimum Gasteiger partial charge on any atom is -0.494 e. The van der Waals surface area contributed by atoms with Gasteiger partial charge in [0.2, 0.25) is 10.0 Å². The average Bonchev–Trinajstić information content (AvgIpc) is 3.42. The summed E-state index contributed by atoms with van der Waals surface area (Å²) in [5.74, 6) is 0.473. The van der Waals surface area contributed by atoms with Crippen LogP contribution in [-0.2, 0) is 14.8 Å². The fourth-order valence-electron chi connectivity index (χ4n) is 5.12. The number of thiazole rings is 1. The lowest BCUT2D eigenvalue weighted by molar-refractivity contribution is 0.0376. The number of piperidine rings is 1. The number of sulfonamides is 1. The van der Waals surface area contributed by atoms with E-state index in [1.54, 1.807) is 40.6 Å². The van der Waals surface area contributed by atoms with Crippen LogP contribution in [0.15, 0.2) is 41.3 Å². The summed E-state index contributed by atoms with van der Waals surface area (Å²) in [6.45, 7) is 7.69. The number of hydrogen-bond donors (Lipinski definition) is 0. The Hall–Kier alpha value is -2.57. The highest BCUT2D eigenvalue weighted by molar-refractivity contribution is 7.89. The number of benzene rings is 2. The molecule has 5 rings (SSSR count). The maximum absolute atomic E-state index is 13.9. The Morgan fingerprint density at radius 1 is 1.05 bits per heavy atom. The highest BCUT2D eigenvalue weighted by Crippen LogP contribution is 2.37. The number of aryl methyl sites for hydroxylation is 1. The van der Waals surface area contributed by atoms with Crippen molar-refractivity contribution in [1.82, 2.24) is 14.2 Å². The zero-order valence-corrected chi connectivity index (χ0v) is 24.2. The first-order chi connectivity index (χ1) is 18.9. The van der Waals surface area contributed by atoms with Crippen LogP contribution in [0, 0.1) is 6.92 Å². The SMILES string of the molecule is COc1ccc(C)c2sc(N(CCCN3CCOCC3)C(=O)c3ccc(S(=O)(=O)N4CCCCC4)cc3)nc12. The molecule has 2 aromatic carbocycles. The lowest BCUT2D eigenvalue weighted by Crippen LogP contribution is -2.39. The Labute approximate surface area is 234 Å². The van der Waals surface area contributed by atoms with Crippen molar-refractivity contribution >= 4 is 42.6 Å². The topological polar surface area (TPSA) is 92.3 Å². The summed E-state index contributed by atoms with van der Waals surface area (Å²) >= 11 is 1.47. The van der Waals surface area contributed by atoms with Crippen molar-refractivity contribution in [2.24, 2.45) is 0 Å². The van der Waals surface area contributed by atoms with E-state index < -0.39 is 10.0 Å². The molecule has 9 nitrogen and oxygen atoms in total. The minimum absolute atomic E-state index is 0.199. The molecule has 0 radical (unpaired) electrons. The third kappa shape index (κ3) is 6.12. The number of carbonyl (C=O) groups is 1. The monoisotopic (exact) mass is 572 g/mol. The Bertz CT molecular complexity index is 1400. The Morgan fingerprint density at radius 3 is 2.46 bits per heavy atom. The van der Waals surface area contributed by atoms with E-state index in [1.165, 1.54) is 11.3 Å². The number of amides is 1. The van der Waals surface area contributed by atoms with Gasteiger partial charge in [-0.1, -0.05) is 23.8 Å². The molecule has 2 saturated heterocycles. The van der Waals surface area contributed by atoms with E-state index in [0.717, 1.165) is 74.3 Å². The molecular formula is C28H36N4O5S2. The molecule has 2 fully saturated rings. The van der Waals surface area contributed by atoms with Crippen molar-refractivity contribution in [2.75, 3.05) is 64.5 Å². The molecule has 0 spiro atoms. The van der Waals surface area contributed by atoms with Gasteiger partial charge < -0.3 is 9.47 Å². The van der Waals surface area contributed by atoms with Gasteiger partial charge in [-0.15, -0.1) is 0 Å². The van der Waals surface area contributed by atoms with E-state index >= 15 is 0 Å². The van der Waals surface area contributed by atoms with Gasteiger partial charge >= 0.3 is 0 Å². The fourth-order valence-corrected chi connectivity index (χ4v) is 7.71. The largest absolute Gasteiger partial charge is 0.494 e. The van der Waals surface area contributed by atoms with Crippen LogP contribution in [0.4, 0.5) is 5.13 Å². The zero-order chi connectivity index (χ0) is 27.4. The molecule has 3 aromatic rings. The smallest absolute Gasteiger partial charge is 0.260 e. The Balaban J connectivity index is 1.41. The van der Waals surface area contributed by atoms with Crippen molar-refractivity contribution in [2.45, 2.75) is 37.5 Å². The summed E-state index contributed by atoms with van der Waals surface area (Å²) in [6, 6.07) is 10.2. The first kappa shape index (κ1) is 28.0. The molecule has 2 aliphatic rings. The van der Waals surface area contributed by atoms with Crippen molar-refractivity contribution in [3.63, 3.8) is 0 Å². The first-order valence-corrected chi connectivity index (χ1v) is 15.8. The van der Waals surface area contributed by atoms with E-state index in [4.69, 9.17) is 14.5 Å². The molecule has 0 aliphatic carbocycles. The van der Waals surface area contributed by atoms with Crippen LogP contribution in [0.25, 0.3) is 10.2 Å². The van der Waals surface area contributed by atoms with Gasteiger partial charge in [-0.05, 0) is 62.1 Å². The molecule has 210 valence electrons. The van der Waals surface area contributed by atoms with Gasteiger partial charge in [0.1, 0.15) is 11.3 Å². The number of rotatable bonds is 9. The normalized spacial score (nSPS) is 17.4. The average molecular weight is 573 g/mol. The molecule has 0 saturated carbocycles. The lowest BCUT2D eigenvalue weighted by Gasteiger charge is -2.28. The summed E-state index contributed by atoms with van der Waals surface area (Å²) < 4.78 is 39.7. The van der Waals surface area contributed by atoms with E-state index in [9.17, 15) is 13.2 Å². The van der Waals surface area contributed by atoms with Crippen molar-refractivity contribution in [1.29, 1.82) is 0 Å². The molecule has 1 amide bonds. The van der Waals surface area contributed by atoms with Crippen molar-refractivity contribution in [3.8, 4) is 5.75 Å². The van der Waals surface area contributed by atoms with Gasteiger partial charge in [0.25, 0.3) is 5.91 Å². The standard InChI is InChI=1S/C28H36N4O5S2/c1-21-7-12-24(36-2)25-26(21)38-28(29-25)32(16-6-13-30-17-19-37-20-18-30)27(33)22-8-10-23(11-9-22)39(34,35)31-14-4-3-5-15-31/h7-12H,3-6,13-20H2,1-2H3. The molecule has 0 bridgehead atoms. The molecule has 3 heterocycles. The van der Waals surface area contributed by atoms with Gasteiger partial charge in [-0.3, -0.25) is 14.6 Å². The van der Waals surface area contributed by atoms with E-state index in [2.05, 4.69) is 4.90 Å². The number of methoxy groups -OCH3 is 1. The van der Waals surface area contributed by atoms with Crippen LogP contribution in [0.1, 0.15) is 41.6 Å². The van der Waals surface area contributed by atoms with Crippen LogP contribution >= 0.6 is 11.3 Å². The van der Waals surface area contributed by atoms with Crippen LogP contribution in [0.2, 0.25) is 0 Å². The van der Waals surface area contributed by atoms with Gasteiger partial charge in [0.05, 0.1) is 29.9 Å². The Kier molecular flexibility index (Phi) is 8.82. The lowest BCUT2D eigenvalue weighted by atomic mass is 10.2. The summed E-state index contributed by atoms with van der Waals surface area (Å²) in [5, 5.41) is 0.606. The van der Waals surface area contributed by atoms with Crippen LogP contribution in [-0.4, -0.2) is 88.1 Å². The molecule has 1 aromatic heterocycles. The number of nitrogens with zero attached hydrogens (tertiary/aromatic N) is 4. The van der Waals surface area contributed by atoms with Crippen LogP contribution < -0.4 is 9.64 Å². The molecule has 39 heavy (non-hydrogen) atoms. The number of fused-ring (bicyclic) bond motifs is 1. The third-order valence-electron chi connectivity index (χ3n) is 7.40. The summed E-state index contributed by atoms with van der Waals surface area (Å²) in [4.78, 5) is 23.0.